The Labute approximate surface area is 83.3 Å². The molecule has 0 aliphatic carbocycles. The molecule has 0 saturated heterocycles. The van der Waals surface area contributed by atoms with Crippen molar-refractivity contribution < 1.29 is 14.2 Å². The topological polar surface area (TPSA) is 29.5 Å². The number of hydrogen-bond acceptors (Lipinski definition) is 2. The molecule has 14 heavy (non-hydrogen) atoms. The van der Waals surface area contributed by atoms with E-state index in [1.165, 1.54) is 13.2 Å². The zero-order valence-electron chi connectivity index (χ0n) is 8.67. The van der Waals surface area contributed by atoms with Crippen molar-refractivity contribution >= 4 is 0 Å². The average Bonchev–Trinajstić information content (AvgIpc) is 2.18. The van der Waals surface area contributed by atoms with Crippen LogP contribution in [0.2, 0.25) is 0 Å². The lowest BCUT2D eigenvalue weighted by molar-refractivity contribution is 0.214. The summed E-state index contributed by atoms with van der Waals surface area (Å²) in [5.74, 6) is 0.285. The van der Waals surface area contributed by atoms with E-state index >= 15 is 0 Å². The highest BCUT2D eigenvalue weighted by Gasteiger charge is 2.23. The smallest absolute Gasteiger partial charge is 0.127 e. The zero-order chi connectivity index (χ0) is 10.8. The monoisotopic (exact) mass is 198 g/mol. The van der Waals surface area contributed by atoms with E-state index in [4.69, 9.17) is 9.84 Å². The van der Waals surface area contributed by atoms with Gasteiger partial charge in [-0.05, 0) is 23.8 Å². The van der Waals surface area contributed by atoms with Crippen LogP contribution in [0.25, 0.3) is 0 Å². The normalized spacial score (nSPS) is 11.5. The first-order valence-electron chi connectivity index (χ1n) is 4.46. The van der Waals surface area contributed by atoms with E-state index in [0.717, 1.165) is 0 Å². The van der Waals surface area contributed by atoms with Crippen LogP contribution in [-0.4, -0.2) is 18.8 Å². The molecule has 1 aromatic carbocycles. The van der Waals surface area contributed by atoms with Crippen molar-refractivity contribution in [2.24, 2.45) is 0 Å². The van der Waals surface area contributed by atoms with Gasteiger partial charge in [-0.2, -0.15) is 0 Å². The molecule has 3 heteroatoms. The van der Waals surface area contributed by atoms with Crippen molar-refractivity contribution in [2.75, 3.05) is 13.7 Å². The van der Waals surface area contributed by atoms with E-state index in [9.17, 15) is 4.39 Å². The minimum Gasteiger partial charge on any atom is -0.497 e. The van der Waals surface area contributed by atoms with Crippen LogP contribution in [0.5, 0.6) is 5.75 Å². The third kappa shape index (κ3) is 2.04. The first-order chi connectivity index (χ1) is 6.51. The largest absolute Gasteiger partial charge is 0.497 e. The lowest BCUT2D eigenvalue weighted by Crippen LogP contribution is -2.23. The molecule has 0 atom stereocenters. The van der Waals surface area contributed by atoms with Gasteiger partial charge in [0.25, 0.3) is 0 Å². The number of aliphatic hydroxyl groups is 1. The van der Waals surface area contributed by atoms with Crippen LogP contribution in [0.15, 0.2) is 18.2 Å². The second-order valence-corrected chi connectivity index (χ2v) is 3.89. The van der Waals surface area contributed by atoms with Crippen molar-refractivity contribution in [1.82, 2.24) is 0 Å². The summed E-state index contributed by atoms with van der Waals surface area (Å²) in [4.78, 5) is 0. The maximum Gasteiger partial charge on any atom is 0.127 e. The average molecular weight is 198 g/mol. The molecule has 0 bridgehead atoms. The second-order valence-electron chi connectivity index (χ2n) is 3.89. The molecule has 1 rings (SSSR count). The van der Waals surface area contributed by atoms with E-state index in [-0.39, 0.29) is 12.4 Å². The highest BCUT2D eigenvalue weighted by Crippen LogP contribution is 2.28. The molecule has 1 aromatic rings. The van der Waals surface area contributed by atoms with Gasteiger partial charge in [0, 0.05) is 5.41 Å². The van der Waals surface area contributed by atoms with Crippen molar-refractivity contribution in [2.45, 2.75) is 19.3 Å². The predicted octanol–water partition coefficient (Wildman–Crippen LogP) is 2.10. The molecule has 2 nitrogen and oxygen atoms in total. The Morgan fingerprint density at radius 1 is 1.43 bits per heavy atom. The molecule has 78 valence electrons. The van der Waals surface area contributed by atoms with Crippen LogP contribution in [0, 0.1) is 5.82 Å². The van der Waals surface area contributed by atoms with E-state index in [2.05, 4.69) is 0 Å². The minimum absolute atomic E-state index is 0.100. The Morgan fingerprint density at radius 3 is 2.57 bits per heavy atom. The Bertz CT molecular complexity index is 321. The number of methoxy groups -OCH3 is 1. The lowest BCUT2D eigenvalue weighted by Gasteiger charge is -2.23. The molecule has 1 N–H and O–H groups in total. The molecular formula is C11H15FO2. The lowest BCUT2D eigenvalue weighted by atomic mass is 9.85. The second kappa shape index (κ2) is 3.96. The molecule has 0 spiro atoms. The van der Waals surface area contributed by atoms with Crippen LogP contribution in [0.3, 0.4) is 0 Å². The number of rotatable bonds is 3. The molecule has 0 unspecified atom stereocenters. The number of aliphatic hydroxyl groups excluding tert-OH is 1. The number of benzene rings is 1. The molecule has 0 aliphatic heterocycles. The Kier molecular flexibility index (Phi) is 3.11. The molecule has 0 fully saturated rings. The maximum atomic E-state index is 13.4. The zero-order valence-corrected chi connectivity index (χ0v) is 8.67. The number of hydrogen-bond donors (Lipinski definition) is 1. The van der Waals surface area contributed by atoms with Crippen molar-refractivity contribution in [3.8, 4) is 5.75 Å². The first-order valence-corrected chi connectivity index (χ1v) is 4.46. The van der Waals surface area contributed by atoms with Crippen molar-refractivity contribution in [3.63, 3.8) is 0 Å². The van der Waals surface area contributed by atoms with Gasteiger partial charge in [-0.15, -0.1) is 0 Å². The van der Waals surface area contributed by atoms with E-state index in [1.54, 1.807) is 26.0 Å². The van der Waals surface area contributed by atoms with Crippen LogP contribution in [-0.2, 0) is 5.41 Å². The molecule has 0 saturated carbocycles. The third-order valence-electron chi connectivity index (χ3n) is 2.30. The fraction of sp³-hybridized carbons (Fsp3) is 0.455. The van der Waals surface area contributed by atoms with Gasteiger partial charge < -0.3 is 9.84 Å². The first kappa shape index (κ1) is 11.0. The number of halogens is 1. The van der Waals surface area contributed by atoms with E-state index < -0.39 is 5.41 Å². The summed E-state index contributed by atoms with van der Waals surface area (Å²) in [6.07, 6.45) is 0. The quantitative estimate of drug-likeness (QED) is 0.806. The van der Waals surface area contributed by atoms with Crippen LogP contribution >= 0.6 is 0 Å². The van der Waals surface area contributed by atoms with Gasteiger partial charge >= 0.3 is 0 Å². The summed E-state index contributed by atoms with van der Waals surface area (Å²) >= 11 is 0. The van der Waals surface area contributed by atoms with Crippen LogP contribution in [0.4, 0.5) is 4.39 Å². The van der Waals surface area contributed by atoms with Gasteiger partial charge in [0.2, 0.25) is 0 Å². The van der Waals surface area contributed by atoms with E-state index in [1.807, 2.05) is 0 Å². The summed E-state index contributed by atoms with van der Waals surface area (Å²) in [6, 6.07) is 4.53. The van der Waals surface area contributed by atoms with Crippen molar-refractivity contribution in [1.29, 1.82) is 0 Å². The molecule has 0 heterocycles. The summed E-state index contributed by atoms with van der Waals surface area (Å²) in [5, 5.41) is 9.13. The fourth-order valence-corrected chi connectivity index (χ4v) is 1.24. The predicted molar refractivity (Wildman–Crippen MR) is 53.1 cm³/mol. The summed E-state index contributed by atoms with van der Waals surface area (Å²) in [6.45, 7) is 3.47. The Hall–Kier alpha value is -1.09. The van der Waals surface area contributed by atoms with Gasteiger partial charge in [0.05, 0.1) is 13.7 Å². The van der Waals surface area contributed by atoms with Crippen LogP contribution in [0.1, 0.15) is 19.4 Å². The van der Waals surface area contributed by atoms with Gasteiger partial charge in [0.15, 0.2) is 0 Å². The molecule has 0 radical (unpaired) electrons. The van der Waals surface area contributed by atoms with Crippen LogP contribution < -0.4 is 4.74 Å². The Morgan fingerprint density at radius 2 is 2.07 bits per heavy atom. The number of ether oxygens (including phenoxy) is 1. The van der Waals surface area contributed by atoms with Gasteiger partial charge in [-0.3, -0.25) is 0 Å². The standard InChI is InChI=1S/C11H15FO2/c1-11(2,7-13)9-6-8(14-3)4-5-10(9)12/h4-6,13H,7H2,1-3H3. The fourth-order valence-electron chi connectivity index (χ4n) is 1.24. The highest BCUT2D eigenvalue weighted by molar-refractivity contribution is 5.34. The molecule has 0 aliphatic rings. The van der Waals surface area contributed by atoms with Gasteiger partial charge in [-0.1, -0.05) is 13.8 Å². The van der Waals surface area contributed by atoms with Gasteiger partial charge in [0.1, 0.15) is 11.6 Å². The minimum atomic E-state index is -0.585. The molecule has 0 amide bonds. The SMILES string of the molecule is COc1ccc(F)c(C(C)(C)CO)c1. The highest BCUT2D eigenvalue weighted by atomic mass is 19.1. The third-order valence-corrected chi connectivity index (χ3v) is 2.30. The Balaban J connectivity index is 3.18. The summed E-state index contributed by atoms with van der Waals surface area (Å²) < 4.78 is 18.4. The molecule has 0 aromatic heterocycles. The van der Waals surface area contributed by atoms with Crippen molar-refractivity contribution in [3.05, 3.63) is 29.6 Å². The maximum absolute atomic E-state index is 13.4. The summed E-state index contributed by atoms with van der Waals surface area (Å²) in [5.41, 5.74) is -0.113. The summed E-state index contributed by atoms with van der Waals surface area (Å²) in [7, 11) is 1.53. The van der Waals surface area contributed by atoms with Gasteiger partial charge in [-0.25, -0.2) is 4.39 Å². The molecular weight excluding hydrogens is 183 g/mol. The van der Waals surface area contributed by atoms with E-state index in [0.29, 0.717) is 11.3 Å².